The van der Waals surface area contributed by atoms with Gasteiger partial charge in [0.05, 0.1) is 15.6 Å². The molecule has 0 unspecified atom stereocenters. The van der Waals surface area contributed by atoms with Gasteiger partial charge in [-0.15, -0.1) is 0 Å². The Labute approximate surface area is 151 Å². The van der Waals surface area contributed by atoms with Gasteiger partial charge < -0.3 is 4.74 Å². The number of rotatable bonds is 3. The highest BCUT2D eigenvalue weighted by Gasteiger charge is 2.41. The number of ether oxygens (including phenoxy) is 1. The number of hydrogen-bond acceptors (Lipinski definition) is 2. The van der Waals surface area contributed by atoms with Crippen molar-refractivity contribution >= 4 is 39.6 Å². The molecule has 0 aromatic heterocycles. The van der Waals surface area contributed by atoms with E-state index in [2.05, 4.69) is 22.6 Å². The summed E-state index contributed by atoms with van der Waals surface area (Å²) in [5, 5.41) is 1.77. The van der Waals surface area contributed by atoms with Crippen LogP contribution in [-0.4, -0.2) is 18.6 Å². The van der Waals surface area contributed by atoms with Crippen LogP contribution in [0.25, 0.3) is 10.8 Å². The number of halogens is 4. The van der Waals surface area contributed by atoms with Crippen LogP contribution in [0.5, 0.6) is 5.75 Å². The van der Waals surface area contributed by atoms with Crippen LogP contribution < -0.4 is 4.74 Å². The molecule has 0 N–H and O–H groups in total. The summed E-state index contributed by atoms with van der Waals surface area (Å²) in [7, 11) is 0. The van der Waals surface area contributed by atoms with E-state index in [1.54, 1.807) is 6.07 Å². The van der Waals surface area contributed by atoms with Crippen molar-refractivity contribution in [3.05, 3.63) is 39.5 Å². The van der Waals surface area contributed by atoms with E-state index in [4.69, 9.17) is 4.74 Å². The Hall–Kier alpha value is -1.31. The molecule has 1 saturated carbocycles. The van der Waals surface area contributed by atoms with Crippen LogP contribution in [0.15, 0.2) is 30.3 Å². The maximum absolute atomic E-state index is 12.7. The van der Waals surface area contributed by atoms with Gasteiger partial charge in [-0.1, -0.05) is 24.3 Å². The van der Waals surface area contributed by atoms with Crippen LogP contribution in [0.2, 0.25) is 0 Å². The van der Waals surface area contributed by atoms with Crippen molar-refractivity contribution < 1.29 is 22.7 Å². The monoisotopic (exact) mass is 448 g/mol. The highest BCUT2D eigenvalue weighted by atomic mass is 127. The topological polar surface area (TPSA) is 26.3 Å². The zero-order chi connectivity index (χ0) is 17.3. The van der Waals surface area contributed by atoms with Gasteiger partial charge in [0.25, 0.3) is 0 Å². The number of carbonyl (C=O) groups is 1. The van der Waals surface area contributed by atoms with Gasteiger partial charge in [0, 0.05) is 10.9 Å². The maximum Gasteiger partial charge on any atom is 0.391 e. The molecule has 0 bridgehead atoms. The lowest BCUT2D eigenvalue weighted by molar-refractivity contribution is -0.185. The normalized spacial score (nSPS) is 21.7. The van der Waals surface area contributed by atoms with E-state index in [1.165, 1.54) is 0 Å². The fraction of sp³-hybridized carbons (Fsp3) is 0.389. The van der Waals surface area contributed by atoms with E-state index in [1.807, 2.05) is 24.3 Å². The fourth-order valence-corrected chi connectivity index (χ4v) is 4.15. The summed E-state index contributed by atoms with van der Waals surface area (Å²) in [6.07, 6.45) is -2.50. The van der Waals surface area contributed by atoms with Gasteiger partial charge >= 0.3 is 6.18 Å². The summed E-state index contributed by atoms with van der Waals surface area (Å²) < 4.78 is 45.0. The van der Waals surface area contributed by atoms with Gasteiger partial charge in [0.15, 0.2) is 6.29 Å². The minimum absolute atomic E-state index is 0.109. The minimum atomic E-state index is -4.11. The second-order valence-electron chi connectivity index (χ2n) is 6.07. The average molecular weight is 448 g/mol. The summed E-state index contributed by atoms with van der Waals surface area (Å²) in [6, 6.07) is 9.19. The summed E-state index contributed by atoms with van der Waals surface area (Å²) in [6.45, 7) is 0. The molecule has 0 spiro atoms. The second-order valence-corrected chi connectivity index (χ2v) is 7.15. The van der Waals surface area contributed by atoms with Crippen molar-refractivity contribution in [2.45, 2.75) is 38.0 Å². The van der Waals surface area contributed by atoms with E-state index in [9.17, 15) is 18.0 Å². The highest BCUT2D eigenvalue weighted by Crippen LogP contribution is 2.39. The van der Waals surface area contributed by atoms with Crippen molar-refractivity contribution in [3.8, 4) is 5.75 Å². The van der Waals surface area contributed by atoms with Crippen LogP contribution in [0, 0.1) is 9.49 Å². The molecule has 128 valence electrons. The van der Waals surface area contributed by atoms with Gasteiger partial charge in [0.2, 0.25) is 0 Å². The summed E-state index contributed by atoms with van der Waals surface area (Å²) in [4.78, 5) is 11.3. The van der Waals surface area contributed by atoms with Gasteiger partial charge in [-0.25, -0.2) is 0 Å². The average Bonchev–Trinajstić information content (AvgIpc) is 2.56. The second kappa shape index (κ2) is 6.90. The Morgan fingerprint density at radius 1 is 1.08 bits per heavy atom. The van der Waals surface area contributed by atoms with Crippen molar-refractivity contribution in [2.24, 2.45) is 5.92 Å². The Bertz CT molecular complexity index is 750. The number of aldehydes is 1. The number of benzene rings is 2. The molecular weight excluding hydrogens is 432 g/mol. The molecule has 6 heteroatoms. The van der Waals surface area contributed by atoms with Crippen LogP contribution in [0.4, 0.5) is 13.2 Å². The molecule has 1 aliphatic carbocycles. The van der Waals surface area contributed by atoms with Gasteiger partial charge in [0.1, 0.15) is 5.75 Å². The first-order valence-corrected chi connectivity index (χ1v) is 8.88. The molecule has 24 heavy (non-hydrogen) atoms. The predicted molar refractivity (Wildman–Crippen MR) is 94.5 cm³/mol. The quantitative estimate of drug-likeness (QED) is 0.441. The zero-order valence-electron chi connectivity index (χ0n) is 12.8. The zero-order valence-corrected chi connectivity index (χ0v) is 14.9. The Balaban J connectivity index is 1.79. The molecule has 0 heterocycles. The molecule has 2 aromatic rings. The van der Waals surface area contributed by atoms with Crippen LogP contribution in [-0.2, 0) is 0 Å². The van der Waals surface area contributed by atoms with Crippen molar-refractivity contribution in [2.75, 3.05) is 0 Å². The molecule has 0 radical (unpaired) electrons. The predicted octanol–water partition coefficient (Wildman–Crippen LogP) is 5.76. The maximum atomic E-state index is 12.7. The van der Waals surface area contributed by atoms with E-state index in [0.717, 1.165) is 20.6 Å². The SMILES string of the molecule is O=Cc1cccc2ccc(OC3CCC(C(F)(F)F)CC3)c(I)c12. The number of hydrogen-bond donors (Lipinski definition) is 0. The summed E-state index contributed by atoms with van der Waals surface area (Å²) in [5.74, 6) is -0.581. The first-order valence-electron chi connectivity index (χ1n) is 7.80. The van der Waals surface area contributed by atoms with Crippen molar-refractivity contribution in [1.29, 1.82) is 0 Å². The van der Waals surface area contributed by atoms with Gasteiger partial charge in [-0.2, -0.15) is 13.2 Å². The minimum Gasteiger partial charge on any atom is -0.489 e. The summed E-state index contributed by atoms with van der Waals surface area (Å²) in [5.41, 5.74) is 0.586. The number of alkyl halides is 3. The first-order chi connectivity index (χ1) is 11.4. The lowest BCUT2D eigenvalue weighted by Crippen LogP contribution is -2.32. The molecule has 0 aliphatic heterocycles. The van der Waals surface area contributed by atoms with Crippen molar-refractivity contribution in [1.82, 2.24) is 0 Å². The molecule has 0 saturated heterocycles. The van der Waals surface area contributed by atoms with Crippen LogP contribution in [0.1, 0.15) is 36.0 Å². The Kier molecular flexibility index (Phi) is 5.03. The third-order valence-corrected chi connectivity index (χ3v) is 5.61. The molecule has 1 aliphatic rings. The fourth-order valence-electron chi connectivity index (χ4n) is 3.22. The molecule has 2 nitrogen and oxygen atoms in total. The summed E-state index contributed by atoms with van der Waals surface area (Å²) >= 11 is 2.14. The third-order valence-electron chi connectivity index (χ3n) is 4.54. The van der Waals surface area contributed by atoms with E-state index >= 15 is 0 Å². The van der Waals surface area contributed by atoms with Crippen LogP contribution in [0.3, 0.4) is 0 Å². The number of fused-ring (bicyclic) bond motifs is 1. The molecular formula is C18H16F3IO2. The highest BCUT2D eigenvalue weighted by molar-refractivity contribution is 14.1. The largest absolute Gasteiger partial charge is 0.489 e. The smallest absolute Gasteiger partial charge is 0.391 e. The Morgan fingerprint density at radius 2 is 1.79 bits per heavy atom. The van der Waals surface area contributed by atoms with Crippen LogP contribution >= 0.6 is 22.6 Å². The van der Waals surface area contributed by atoms with Crippen molar-refractivity contribution in [3.63, 3.8) is 0 Å². The molecule has 1 fully saturated rings. The van der Waals surface area contributed by atoms with E-state index < -0.39 is 12.1 Å². The Morgan fingerprint density at radius 3 is 2.42 bits per heavy atom. The molecule has 0 amide bonds. The molecule has 2 aromatic carbocycles. The standard InChI is InChI=1S/C18H16F3IO2/c19-18(20,21)13-5-7-14(8-6-13)24-15-9-4-11-2-1-3-12(10-23)16(11)17(15)22/h1-4,9-10,13-14H,5-8H2. The van der Waals surface area contributed by atoms with Gasteiger partial charge in [-0.3, -0.25) is 4.79 Å². The number of carbonyl (C=O) groups excluding carboxylic acids is 1. The van der Waals surface area contributed by atoms with E-state index in [0.29, 0.717) is 24.2 Å². The lowest BCUT2D eigenvalue weighted by atomic mass is 9.87. The molecule has 0 atom stereocenters. The molecule has 3 rings (SSSR count). The van der Waals surface area contributed by atoms with E-state index in [-0.39, 0.29) is 18.9 Å². The van der Waals surface area contributed by atoms with Gasteiger partial charge in [-0.05, 0) is 59.7 Å². The first kappa shape index (κ1) is 17.5. The third kappa shape index (κ3) is 3.53. The lowest BCUT2D eigenvalue weighted by Gasteiger charge is -2.30.